The first-order valence-electron chi connectivity index (χ1n) is 11.1. The number of rotatable bonds is 5. The largest absolute Gasteiger partial charge is 0.435 e. The van der Waals surface area contributed by atoms with E-state index in [1.54, 1.807) is 30.3 Å². The summed E-state index contributed by atoms with van der Waals surface area (Å²) in [5.74, 6) is -0.158. The van der Waals surface area contributed by atoms with Crippen LogP contribution in [0.5, 0.6) is 0 Å². The summed E-state index contributed by atoms with van der Waals surface area (Å²) in [4.78, 5) is 30.7. The molecule has 1 aromatic heterocycles. The van der Waals surface area contributed by atoms with Gasteiger partial charge < -0.3 is 19.4 Å². The number of carbonyl (C=O) groups is 1. The minimum absolute atomic E-state index is 0.128. The molecule has 1 aliphatic rings. The number of aryl methyl sites for hydroxylation is 1. The molecule has 184 valence electrons. The minimum atomic E-state index is -0.474. The first-order chi connectivity index (χ1) is 17.3. The Kier molecular flexibility index (Phi) is 6.53. The molecule has 4 aromatic rings. The number of aromatic nitrogens is 1. The van der Waals surface area contributed by atoms with Gasteiger partial charge in [0.2, 0.25) is 5.89 Å². The predicted octanol–water partition coefficient (Wildman–Crippen LogP) is 6.11. The smallest absolute Gasteiger partial charge is 0.293 e. The molecule has 36 heavy (non-hydrogen) atoms. The van der Waals surface area contributed by atoms with Crippen molar-refractivity contribution in [2.24, 2.45) is 0 Å². The van der Waals surface area contributed by atoms with Crippen LogP contribution < -0.4 is 10.2 Å². The lowest BCUT2D eigenvalue weighted by atomic mass is 10.1. The molecule has 1 saturated heterocycles. The van der Waals surface area contributed by atoms with E-state index in [4.69, 9.17) is 32.4 Å². The molecule has 0 spiro atoms. The Morgan fingerprint density at radius 3 is 2.64 bits per heavy atom. The molecule has 0 bridgehead atoms. The summed E-state index contributed by atoms with van der Waals surface area (Å²) in [6.45, 7) is 3.92. The highest BCUT2D eigenvalue weighted by atomic mass is 35.5. The number of amides is 1. The SMILES string of the molecule is Cc1ccc(-c2nc3cc(Cl)cc(Cl)c3o2)cc1NC(=O)c1ccc(N2CCOCC2)c([N+](=O)[O-])c1. The molecule has 3 aromatic carbocycles. The van der Waals surface area contributed by atoms with Crippen LogP contribution in [0.3, 0.4) is 0 Å². The quantitative estimate of drug-likeness (QED) is 0.246. The van der Waals surface area contributed by atoms with Gasteiger partial charge in [-0.05, 0) is 48.9 Å². The third-order valence-electron chi connectivity index (χ3n) is 5.93. The molecule has 0 radical (unpaired) electrons. The molecule has 1 amide bonds. The first-order valence-corrected chi connectivity index (χ1v) is 11.8. The van der Waals surface area contributed by atoms with Crippen LogP contribution in [0.2, 0.25) is 10.0 Å². The van der Waals surface area contributed by atoms with Gasteiger partial charge in [0.15, 0.2) is 5.58 Å². The number of morpholine rings is 1. The number of nitrogens with one attached hydrogen (secondary N) is 1. The Morgan fingerprint density at radius 2 is 1.89 bits per heavy atom. The molecular formula is C25H20Cl2N4O5. The van der Waals surface area contributed by atoms with Crippen LogP contribution >= 0.6 is 23.2 Å². The first kappa shape index (κ1) is 24.1. The fourth-order valence-electron chi connectivity index (χ4n) is 4.05. The Morgan fingerprint density at radius 1 is 1.11 bits per heavy atom. The zero-order valence-corrected chi connectivity index (χ0v) is 20.6. The van der Waals surface area contributed by atoms with Gasteiger partial charge in [0.1, 0.15) is 11.2 Å². The van der Waals surface area contributed by atoms with Crippen molar-refractivity contribution < 1.29 is 18.9 Å². The lowest BCUT2D eigenvalue weighted by molar-refractivity contribution is -0.384. The molecular weight excluding hydrogens is 507 g/mol. The number of carbonyl (C=O) groups excluding carboxylic acids is 1. The van der Waals surface area contributed by atoms with Crippen molar-refractivity contribution in [2.45, 2.75) is 6.92 Å². The van der Waals surface area contributed by atoms with Crippen LogP contribution in [0.1, 0.15) is 15.9 Å². The second-order valence-electron chi connectivity index (χ2n) is 8.30. The van der Waals surface area contributed by atoms with Gasteiger partial charge >= 0.3 is 0 Å². The van der Waals surface area contributed by atoms with E-state index in [2.05, 4.69) is 10.3 Å². The number of halogens is 2. The number of hydrogen-bond acceptors (Lipinski definition) is 7. The number of hydrogen-bond donors (Lipinski definition) is 1. The number of ether oxygens (including phenoxy) is 1. The van der Waals surface area contributed by atoms with Crippen LogP contribution in [0.15, 0.2) is 52.9 Å². The van der Waals surface area contributed by atoms with Gasteiger partial charge in [0.25, 0.3) is 11.6 Å². The average molecular weight is 527 g/mol. The monoisotopic (exact) mass is 526 g/mol. The lowest BCUT2D eigenvalue weighted by Crippen LogP contribution is -2.36. The molecule has 0 atom stereocenters. The van der Waals surface area contributed by atoms with Crippen molar-refractivity contribution in [3.63, 3.8) is 0 Å². The van der Waals surface area contributed by atoms with Crippen LogP contribution in [0.4, 0.5) is 17.1 Å². The fourth-order valence-corrected chi connectivity index (χ4v) is 4.57. The number of nitrogens with zero attached hydrogens (tertiary/aromatic N) is 3. The number of benzene rings is 3. The van der Waals surface area contributed by atoms with Crippen molar-refractivity contribution in [2.75, 3.05) is 36.5 Å². The number of nitro benzene ring substituents is 1. The summed E-state index contributed by atoms with van der Waals surface area (Å²) >= 11 is 12.3. The molecule has 0 aliphatic carbocycles. The van der Waals surface area contributed by atoms with Crippen molar-refractivity contribution in [3.8, 4) is 11.5 Å². The standard InChI is InChI=1S/C25H20Cl2N4O5/c1-14-2-3-16(25-29-20-13-17(26)12-18(27)23(20)36-25)10-19(14)28-24(32)15-4-5-21(22(11-15)31(33)34)30-6-8-35-9-7-30/h2-5,10-13H,6-9H2,1H3,(H,28,32). The van der Waals surface area contributed by atoms with E-state index in [9.17, 15) is 14.9 Å². The van der Waals surface area contributed by atoms with Crippen molar-refractivity contribution in [3.05, 3.63) is 79.8 Å². The maximum Gasteiger partial charge on any atom is 0.293 e. The van der Waals surface area contributed by atoms with E-state index in [-0.39, 0.29) is 11.3 Å². The Hall–Kier alpha value is -3.66. The number of oxazole rings is 1. The van der Waals surface area contributed by atoms with E-state index < -0.39 is 10.8 Å². The third-order valence-corrected chi connectivity index (χ3v) is 6.43. The van der Waals surface area contributed by atoms with E-state index in [1.807, 2.05) is 24.0 Å². The van der Waals surface area contributed by atoms with Crippen molar-refractivity contribution in [1.29, 1.82) is 0 Å². The average Bonchev–Trinajstić information content (AvgIpc) is 3.30. The highest BCUT2D eigenvalue weighted by molar-refractivity contribution is 6.38. The maximum absolute atomic E-state index is 13.1. The van der Waals surface area contributed by atoms with E-state index >= 15 is 0 Å². The molecule has 1 aliphatic heterocycles. The topological polar surface area (TPSA) is 111 Å². The molecule has 11 heteroatoms. The Labute approximate surface area is 215 Å². The summed E-state index contributed by atoms with van der Waals surface area (Å²) in [5, 5.41) is 15.4. The number of anilines is 2. The fraction of sp³-hybridized carbons (Fsp3) is 0.200. The normalized spacial score (nSPS) is 13.7. The van der Waals surface area contributed by atoms with Crippen LogP contribution in [-0.2, 0) is 4.74 Å². The second-order valence-corrected chi connectivity index (χ2v) is 9.14. The molecule has 5 rings (SSSR count). The molecule has 2 heterocycles. The second kappa shape index (κ2) is 9.77. The van der Waals surface area contributed by atoms with Gasteiger partial charge in [-0.3, -0.25) is 14.9 Å². The number of nitro groups is 1. The molecule has 1 fully saturated rings. The van der Waals surface area contributed by atoms with E-state index in [0.29, 0.717) is 70.3 Å². The van der Waals surface area contributed by atoms with Crippen molar-refractivity contribution >= 4 is 57.3 Å². The van der Waals surface area contributed by atoms with Crippen LogP contribution in [-0.4, -0.2) is 42.1 Å². The highest BCUT2D eigenvalue weighted by Gasteiger charge is 2.24. The van der Waals surface area contributed by atoms with Crippen molar-refractivity contribution in [1.82, 2.24) is 4.98 Å². The van der Waals surface area contributed by atoms with Gasteiger partial charge in [-0.1, -0.05) is 29.3 Å². The highest BCUT2D eigenvalue weighted by Crippen LogP contribution is 2.34. The van der Waals surface area contributed by atoms with Gasteiger partial charge in [0.05, 0.1) is 23.2 Å². The predicted molar refractivity (Wildman–Crippen MR) is 138 cm³/mol. The third kappa shape index (κ3) is 4.73. The zero-order chi connectivity index (χ0) is 25.4. The van der Waals surface area contributed by atoms with Crippen LogP contribution in [0, 0.1) is 17.0 Å². The zero-order valence-electron chi connectivity index (χ0n) is 19.1. The maximum atomic E-state index is 13.1. The molecule has 9 nitrogen and oxygen atoms in total. The van der Waals surface area contributed by atoms with Gasteiger partial charge in [-0.15, -0.1) is 0 Å². The van der Waals surface area contributed by atoms with Gasteiger partial charge in [-0.25, -0.2) is 4.98 Å². The summed E-state index contributed by atoms with van der Waals surface area (Å²) in [6.07, 6.45) is 0. The molecule has 0 saturated carbocycles. The molecule has 1 N–H and O–H groups in total. The van der Waals surface area contributed by atoms with Gasteiger partial charge in [0, 0.05) is 41.0 Å². The lowest BCUT2D eigenvalue weighted by Gasteiger charge is -2.28. The summed E-state index contributed by atoms with van der Waals surface area (Å²) in [5.41, 5.74) is 3.37. The number of fused-ring (bicyclic) bond motifs is 1. The summed E-state index contributed by atoms with van der Waals surface area (Å²) in [6, 6.07) is 13.1. The van der Waals surface area contributed by atoms with E-state index in [0.717, 1.165) is 5.56 Å². The summed E-state index contributed by atoms with van der Waals surface area (Å²) in [7, 11) is 0. The Bertz CT molecular complexity index is 1500. The summed E-state index contributed by atoms with van der Waals surface area (Å²) < 4.78 is 11.2. The van der Waals surface area contributed by atoms with E-state index in [1.165, 1.54) is 6.07 Å². The minimum Gasteiger partial charge on any atom is -0.435 e. The Balaban J connectivity index is 1.43. The van der Waals surface area contributed by atoms with Crippen LogP contribution in [0.25, 0.3) is 22.6 Å². The van der Waals surface area contributed by atoms with Gasteiger partial charge in [-0.2, -0.15) is 0 Å². The molecule has 0 unspecified atom stereocenters.